The molecule has 5 nitrogen and oxygen atoms in total. The monoisotopic (exact) mass is 380 g/mol. The lowest BCUT2D eigenvalue weighted by Crippen LogP contribution is -2.16. The fourth-order valence-electron chi connectivity index (χ4n) is 1.31. The zero-order valence-electron chi connectivity index (χ0n) is 12.8. The Balaban J connectivity index is 0.000000240. The number of pyridine rings is 1. The maximum Gasteiger partial charge on any atom is 0.389 e. The molecule has 2 aromatic heterocycles. The SMILES string of the molecule is CCC(=O)NSCCC(F)(F)F.Clc1ccn(-c2cccnc2)n1. The minimum Gasteiger partial charge on any atom is -0.300 e. The molecule has 0 unspecified atom stereocenters. The first-order valence-electron chi connectivity index (χ1n) is 6.90. The van der Waals surface area contributed by atoms with E-state index in [1.54, 1.807) is 36.3 Å². The molecule has 0 saturated heterocycles. The van der Waals surface area contributed by atoms with E-state index < -0.39 is 12.6 Å². The second-order valence-electron chi connectivity index (χ2n) is 4.39. The Hall–Kier alpha value is -1.74. The van der Waals surface area contributed by atoms with Gasteiger partial charge >= 0.3 is 6.18 Å². The first-order valence-corrected chi connectivity index (χ1v) is 8.27. The lowest BCUT2D eigenvalue weighted by molar-refractivity contribution is -0.129. The third-order valence-corrected chi connectivity index (χ3v) is 3.44. The Labute approximate surface area is 146 Å². The number of carbonyl (C=O) groups excluding carboxylic acids is 1. The van der Waals surface area contributed by atoms with E-state index in [2.05, 4.69) is 14.8 Å². The molecule has 1 N–H and O–H groups in total. The van der Waals surface area contributed by atoms with E-state index in [1.165, 1.54) is 0 Å². The van der Waals surface area contributed by atoms with E-state index in [-0.39, 0.29) is 11.7 Å². The van der Waals surface area contributed by atoms with Crippen molar-refractivity contribution in [3.05, 3.63) is 41.9 Å². The van der Waals surface area contributed by atoms with Gasteiger partial charge in [-0.25, -0.2) is 4.68 Å². The average Bonchev–Trinajstić information content (AvgIpc) is 2.98. The van der Waals surface area contributed by atoms with Gasteiger partial charge in [0.05, 0.1) is 18.3 Å². The van der Waals surface area contributed by atoms with E-state index in [0.717, 1.165) is 17.6 Å². The summed E-state index contributed by atoms with van der Waals surface area (Å²) in [5, 5.41) is 4.51. The Morgan fingerprint density at radius 2 is 2.17 bits per heavy atom. The van der Waals surface area contributed by atoms with Crippen molar-refractivity contribution in [3.8, 4) is 5.69 Å². The summed E-state index contributed by atoms with van der Waals surface area (Å²) in [6, 6.07) is 5.50. The van der Waals surface area contributed by atoms with Crippen LogP contribution in [0.5, 0.6) is 0 Å². The van der Waals surface area contributed by atoms with Crippen LogP contribution >= 0.6 is 23.5 Å². The molecular formula is C14H16ClF3N4OS. The van der Waals surface area contributed by atoms with Crippen LogP contribution in [-0.4, -0.2) is 32.6 Å². The van der Waals surface area contributed by atoms with Gasteiger partial charge in [-0.05, 0) is 18.2 Å². The van der Waals surface area contributed by atoms with Gasteiger partial charge in [0.1, 0.15) is 0 Å². The summed E-state index contributed by atoms with van der Waals surface area (Å²) in [6.07, 6.45) is 0.516. The molecule has 0 aromatic carbocycles. The van der Waals surface area contributed by atoms with Crippen molar-refractivity contribution >= 4 is 29.5 Å². The van der Waals surface area contributed by atoms with Crippen molar-refractivity contribution in [2.75, 3.05) is 5.75 Å². The Morgan fingerprint density at radius 1 is 1.42 bits per heavy atom. The Kier molecular flexibility index (Phi) is 8.62. The summed E-state index contributed by atoms with van der Waals surface area (Å²) in [5.41, 5.74) is 0.907. The fraction of sp³-hybridized carbons (Fsp3) is 0.357. The number of alkyl halides is 3. The van der Waals surface area contributed by atoms with E-state index in [1.807, 2.05) is 12.1 Å². The molecule has 0 aliphatic rings. The molecule has 24 heavy (non-hydrogen) atoms. The standard InChI is InChI=1S/C8H6ClN3.C6H10F3NOS/c9-8-3-5-12(11-8)7-2-1-4-10-6-7;1-2-5(11)10-12-4-3-6(7,8)9/h1-6H;2-4H2,1H3,(H,10,11). The average molecular weight is 381 g/mol. The van der Waals surface area contributed by atoms with E-state index >= 15 is 0 Å². The zero-order valence-corrected chi connectivity index (χ0v) is 14.3. The lowest BCUT2D eigenvalue weighted by Gasteiger charge is -2.05. The van der Waals surface area contributed by atoms with Crippen LogP contribution in [0.15, 0.2) is 36.8 Å². The molecule has 0 bridgehead atoms. The molecule has 2 heterocycles. The summed E-state index contributed by atoms with van der Waals surface area (Å²) >= 11 is 6.45. The van der Waals surface area contributed by atoms with Crippen molar-refractivity contribution in [1.82, 2.24) is 19.5 Å². The Morgan fingerprint density at radius 3 is 2.67 bits per heavy atom. The quantitative estimate of drug-likeness (QED) is 0.628. The molecule has 0 radical (unpaired) electrons. The van der Waals surface area contributed by atoms with E-state index in [0.29, 0.717) is 11.6 Å². The normalized spacial score (nSPS) is 10.7. The van der Waals surface area contributed by atoms with Crippen LogP contribution in [0.3, 0.4) is 0 Å². The largest absolute Gasteiger partial charge is 0.389 e. The second kappa shape index (κ2) is 10.2. The number of amides is 1. The van der Waals surface area contributed by atoms with Crippen LogP contribution in [0.1, 0.15) is 19.8 Å². The smallest absolute Gasteiger partial charge is 0.300 e. The van der Waals surface area contributed by atoms with Crippen molar-refractivity contribution in [2.24, 2.45) is 0 Å². The van der Waals surface area contributed by atoms with Gasteiger partial charge in [0.15, 0.2) is 5.15 Å². The molecular weight excluding hydrogens is 365 g/mol. The van der Waals surface area contributed by atoms with E-state index in [4.69, 9.17) is 11.6 Å². The molecule has 0 fully saturated rings. The number of aromatic nitrogens is 3. The number of halogens is 4. The summed E-state index contributed by atoms with van der Waals surface area (Å²) in [4.78, 5) is 14.5. The highest BCUT2D eigenvalue weighted by atomic mass is 35.5. The minimum atomic E-state index is -4.13. The minimum absolute atomic E-state index is 0.130. The number of carbonyl (C=O) groups is 1. The fourth-order valence-corrected chi connectivity index (χ4v) is 2.18. The topological polar surface area (TPSA) is 59.8 Å². The molecule has 0 aliphatic carbocycles. The van der Waals surface area contributed by atoms with Gasteiger partial charge in [-0.2, -0.15) is 18.3 Å². The van der Waals surface area contributed by atoms with Crippen LogP contribution in [0, 0.1) is 0 Å². The third kappa shape index (κ3) is 8.78. The highest BCUT2D eigenvalue weighted by Crippen LogP contribution is 2.20. The highest BCUT2D eigenvalue weighted by molar-refractivity contribution is 7.97. The number of hydrogen-bond donors (Lipinski definition) is 1. The van der Waals surface area contributed by atoms with Gasteiger partial charge in [0.2, 0.25) is 5.91 Å². The van der Waals surface area contributed by atoms with E-state index in [9.17, 15) is 18.0 Å². The van der Waals surface area contributed by atoms with Crippen molar-refractivity contribution < 1.29 is 18.0 Å². The molecule has 0 saturated carbocycles. The maximum absolute atomic E-state index is 11.5. The number of nitrogens with one attached hydrogen (secondary N) is 1. The predicted octanol–water partition coefficient (Wildman–Crippen LogP) is 4.03. The van der Waals surface area contributed by atoms with Crippen LogP contribution in [0.4, 0.5) is 13.2 Å². The van der Waals surface area contributed by atoms with Gasteiger partial charge in [0, 0.05) is 24.6 Å². The molecule has 132 valence electrons. The van der Waals surface area contributed by atoms with Gasteiger partial charge in [-0.3, -0.25) is 9.78 Å². The first kappa shape index (κ1) is 20.3. The number of rotatable bonds is 5. The van der Waals surface area contributed by atoms with Crippen molar-refractivity contribution in [1.29, 1.82) is 0 Å². The van der Waals surface area contributed by atoms with Crippen molar-refractivity contribution in [2.45, 2.75) is 25.9 Å². The predicted molar refractivity (Wildman–Crippen MR) is 87.9 cm³/mol. The summed E-state index contributed by atoms with van der Waals surface area (Å²) in [7, 11) is 0. The molecule has 10 heteroatoms. The number of hydrogen-bond acceptors (Lipinski definition) is 4. The Bertz CT molecular complexity index is 622. The van der Waals surface area contributed by atoms with Gasteiger partial charge in [0.25, 0.3) is 0 Å². The lowest BCUT2D eigenvalue weighted by atomic mass is 10.4. The molecule has 0 atom stereocenters. The van der Waals surface area contributed by atoms with Crippen LogP contribution in [0.25, 0.3) is 5.69 Å². The van der Waals surface area contributed by atoms with Gasteiger partial charge < -0.3 is 4.72 Å². The van der Waals surface area contributed by atoms with Gasteiger partial charge in [-0.15, -0.1) is 0 Å². The highest BCUT2D eigenvalue weighted by Gasteiger charge is 2.26. The molecule has 2 aromatic rings. The first-order chi connectivity index (χ1) is 11.3. The van der Waals surface area contributed by atoms with Crippen LogP contribution < -0.4 is 4.72 Å². The molecule has 0 aliphatic heterocycles. The van der Waals surface area contributed by atoms with Crippen molar-refractivity contribution in [3.63, 3.8) is 0 Å². The van der Waals surface area contributed by atoms with Gasteiger partial charge in [-0.1, -0.05) is 30.5 Å². The molecule has 2 rings (SSSR count). The zero-order chi connectivity index (χ0) is 18.0. The van der Waals surface area contributed by atoms with Crippen LogP contribution in [0.2, 0.25) is 5.15 Å². The molecule has 0 spiro atoms. The van der Waals surface area contributed by atoms with Crippen LogP contribution in [-0.2, 0) is 4.79 Å². The summed E-state index contributed by atoms with van der Waals surface area (Å²) < 4.78 is 38.6. The summed E-state index contributed by atoms with van der Waals surface area (Å²) in [5.74, 6) is -0.378. The maximum atomic E-state index is 11.5. The molecule has 1 amide bonds. The number of nitrogens with zero attached hydrogens (tertiary/aromatic N) is 3. The summed E-state index contributed by atoms with van der Waals surface area (Å²) in [6.45, 7) is 1.64. The third-order valence-electron chi connectivity index (χ3n) is 2.46. The second-order valence-corrected chi connectivity index (χ2v) is 5.67.